The van der Waals surface area contributed by atoms with Gasteiger partial charge in [0.15, 0.2) is 5.79 Å². The minimum Gasteiger partial charge on any atom is -0.394 e. The third-order valence-corrected chi connectivity index (χ3v) is 3.08. The molecule has 2 fully saturated rings. The third kappa shape index (κ3) is 2.55. The van der Waals surface area contributed by atoms with Crippen molar-refractivity contribution in [1.29, 1.82) is 0 Å². The highest BCUT2D eigenvalue weighted by Gasteiger charge is 2.52. The fourth-order valence-electron chi connectivity index (χ4n) is 2.27. The highest BCUT2D eigenvalue weighted by atomic mass is 16.7. The number of rotatable bonds is 4. The normalized spacial score (nSPS) is 40.7. The lowest BCUT2D eigenvalue weighted by molar-refractivity contribution is -0.145. The Morgan fingerprint density at radius 3 is 2.56 bits per heavy atom. The van der Waals surface area contributed by atoms with Crippen LogP contribution in [0.4, 0.5) is 0 Å². The van der Waals surface area contributed by atoms with Gasteiger partial charge in [-0.25, -0.2) is 0 Å². The molecule has 2 saturated heterocycles. The summed E-state index contributed by atoms with van der Waals surface area (Å²) in [5.41, 5.74) is -0.970. The zero-order valence-electron chi connectivity index (χ0n) is 9.97. The second kappa shape index (κ2) is 3.92. The van der Waals surface area contributed by atoms with Gasteiger partial charge in [-0.2, -0.15) is 0 Å². The van der Waals surface area contributed by atoms with Crippen molar-refractivity contribution in [2.75, 3.05) is 13.2 Å². The van der Waals surface area contributed by atoms with E-state index in [2.05, 4.69) is 0 Å². The summed E-state index contributed by atoms with van der Waals surface area (Å²) in [5.74, 6) is -0.568. The first-order valence-corrected chi connectivity index (χ1v) is 5.64. The minimum absolute atomic E-state index is 0.0473. The van der Waals surface area contributed by atoms with E-state index in [-0.39, 0.29) is 24.9 Å². The van der Waals surface area contributed by atoms with Gasteiger partial charge in [-0.3, -0.25) is 0 Å². The molecular weight excluding hydrogens is 212 g/mol. The average molecular weight is 232 g/mol. The van der Waals surface area contributed by atoms with Gasteiger partial charge in [-0.1, -0.05) is 0 Å². The van der Waals surface area contributed by atoms with Gasteiger partial charge in [0, 0.05) is 6.42 Å². The number of aliphatic hydroxyl groups is 2. The Bertz CT molecular complexity index is 263. The first-order valence-electron chi connectivity index (χ1n) is 5.64. The van der Waals surface area contributed by atoms with Crippen molar-refractivity contribution in [3.05, 3.63) is 0 Å². The van der Waals surface area contributed by atoms with Crippen molar-refractivity contribution in [2.24, 2.45) is 0 Å². The number of hydrogen-bond acceptors (Lipinski definition) is 5. The fourth-order valence-corrected chi connectivity index (χ4v) is 2.27. The summed E-state index contributed by atoms with van der Waals surface area (Å²) in [5, 5.41) is 19.1. The van der Waals surface area contributed by atoms with E-state index in [1.165, 1.54) is 0 Å². The number of aliphatic hydroxyl groups excluding tert-OH is 1. The Morgan fingerprint density at radius 1 is 1.44 bits per heavy atom. The molecule has 2 heterocycles. The van der Waals surface area contributed by atoms with E-state index in [1.807, 2.05) is 13.8 Å². The second-order valence-electron chi connectivity index (χ2n) is 5.29. The molecule has 2 aliphatic heterocycles. The molecule has 0 bridgehead atoms. The van der Waals surface area contributed by atoms with Crippen LogP contribution in [0.1, 0.15) is 27.2 Å². The molecule has 0 unspecified atom stereocenters. The fraction of sp³-hybridized carbons (Fsp3) is 1.00. The van der Waals surface area contributed by atoms with Crippen LogP contribution in [-0.4, -0.2) is 53.1 Å². The Balaban J connectivity index is 1.85. The van der Waals surface area contributed by atoms with Gasteiger partial charge < -0.3 is 24.4 Å². The van der Waals surface area contributed by atoms with Crippen LogP contribution in [-0.2, 0) is 14.2 Å². The number of ether oxygens (including phenoxy) is 3. The van der Waals surface area contributed by atoms with Gasteiger partial charge in [-0.05, 0) is 20.8 Å². The molecule has 0 spiro atoms. The molecule has 0 saturated carbocycles. The maximum absolute atomic E-state index is 10.2. The van der Waals surface area contributed by atoms with Gasteiger partial charge in [0.25, 0.3) is 0 Å². The summed E-state index contributed by atoms with van der Waals surface area (Å²) >= 11 is 0. The standard InChI is InChI=1S/C11H20O5/c1-10(2)14-6-7(16-10)4-11(3,13)9-8(5-12)15-9/h7-9,12-13H,4-6H2,1-3H3/t7-,8+,9-,11+/m0/s1. The lowest BCUT2D eigenvalue weighted by Crippen LogP contribution is -2.38. The van der Waals surface area contributed by atoms with Crippen molar-refractivity contribution < 1.29 is 24.4 Å². The Morgan fingerprint density at radius 2 is 2.12 bits per heavy atom. The van der Waals surface area contributed by atoms with Gasteiger partial charge in [0.2, 0.25) is 0 Å². The molecule has 0 aliphatic carbocycles. The highest BCUT2D eigenvalue weighted by molar-refractivity contribution is 5.00. The van der Waals surface area contributed by atoms with Crippen LogP contribution in [0.5, 0.6) is 0 Å². The van der Waals surface area contributed by atoms with Crippen molar-refractivity contribution in [3.63, 3.8) is 0 Å². The Kier molecular flexibility index (Phi) is 3.01. The van der Waals surface area contributed by atoms with E-state index in [9.17, 15) is 5.11 Å². The maximum Gasteiger partial charge on any atom is 0.163 e. The number of epoxide rings is 1. The van der Waals surface area contributed by atoms with E-state index in [0.717, 1.165) is 0 Å². The van der Waals surface area contributed by atoms with Crippen LogP contribution in [0.2, 0.25) is 0 Å². The first-order chi connectivity index (χ1) is 7.34. The van der Waals surface area contributed by atoms with E-state index in [4.69, 9.17) is 19.3 Å². The maximum atomic E-state index is 10.2. The minimum atomic E-state index is -0.970. The van der Waals surface area contributed by atoms with Crippen LogP contribution in [0.3, 0.4) is 0 Å². The van der Waals surface area contributed by atoms with Crippen molar-refractivity contribution >= 4 is 0 Å². The van der Waals surface area contributed by atoms with Gasteiger partial charge in [-0.15, -0.1) is 0 Å². The molecule has 5 heteroatoms. The Hall–Kier alpha value is -0.200. The topological polar surface area (TPSA) is 71.5 Å². The van der Waals surface area contributed by atoms with Gasteiger partial charge in [0.1, 0.15) is 12.2 Å². The summed E-state index contributed by atoms with van der Waals surface area (Å²) in [6.45, 7) is 5.85. The lowest BCUT2D eigenvalue weighted by Gasteiger charge is -2.25. The van der Waals surface area contributed by atoms with Crippen LogP contribution in [0, 0.1) is 0 Å². The van der Waals surface area contributed by atoms with Crippen LogP contribution >= 0.6 is 0 Å². The van der Waals surface area contributed by atoms with Crippen LogP contribution < -0.4 is 0 Å². The molecule has 0 aromatic heterocycles. The summed E-state index contributed by atoms with van der Waals surface area (Å²) in [4.78, 5) is 0. The lowest BCUT2D eigenvalue weighted by atomic mass is 9.93. The predicted octanol–water partition coefficient (Wildman–Crippen LogP) is 0.0387. The second-order valence-corrected chi connectivity index (χ2v) is 5.29. The molecule has 5 nitrogen and oxygen atoms in total. The molecule has 94 valence electrons. The molecule has 0 amide bonds. The molecule has 2 N–H and O–H groups in total. The zero-order valence-corrected chi connectivity index (χ0v) is 9.97. The van der Waals surface area contributed by atoms with Gasteiger partial charge in [0.05, 0.1) is 24.9 Å². The van der Waals surface area contributed by atoms with Crippen molar-refractivity contribution in [2.45, 2.75) is 56.9 Å². The third-order valence-electron chi connectivity index (χ3n) is 3.08. The SMILES string of the molecule is CC1(C)OC[C@H](C[C@@](C)(O)[C@H]2O[C@@H]2CO)O1. The van der Waals surface area contributed by atoms with E-state index < -0.39 is 11.4 Å². The van der Waals surface area contributed by atoms with Crippen molar-refractivity contribution in [3.8, 4) is 0 Å². The van der Waals surface area contributed by atoms with Crippen LogP contribution in [0.15, 0.2) is 0 Å². The van der Waals surface area contributed by atoms with Gasteiger partial charge >= 0.3 is 0 Å². The molecule has 0 radical (unpaired) electrons. The molecule has 0 aromatic rings. The smallest absolute Gasteiger partial charge is 0.163 e. The van der Waals surface area contributed by atoms with E-state index >= 15 is 0 Å². The Labute approximate surface area is 95.3 Å². The predicted molar refractivity (Wildman–Crippen MR) is 55.9 cm³/mol. The molecule has 0 aromatic carbocycles. The molecule has 16 heavy (non-hydrogen) atoms. The molecule has 2 rings (SSSR count). The highest BCUT2D eigenvalue weighted by Crippen LogP contribution is 2.37. The average Bonchev–Trinajstić information content (AvgIpc) is 2.87. The molecule has 4 atom stereocenters. The van der Waals surface area contributed by atoms with E-state index in [0.29, 0.717) is 13.0 Å². The molecule has 2 aliphatic rings. The first kappa shape index (κ1) is 12.3. The van der Waals surface area contributed by atoms with E-state index in [1.54, 1.807) is 6.92 Å². The quantitative estimate of drug-likeness (QED) is 0.670. The largest absolute Gasteiger partial charge is 0.394 e. The number of hydrogen-bond donors (Lipinski definition) is 2. The summed E-state index contributed by atoms with van der Waals surface area (Å²) in [6, 6.07) is 0. The van der Waals surface area contributed by atoms with Crippen molar-refractivity contribution in [1.82, 2.24) is 0 Å². The summed E-state index contributed by atoms with van der Waals surface area (Å²) < 4.78 is 16.3. The summed E-state index contributed by atoms with van der Waals surface area (Å²) in [6.07, 6.45) is -0.180. The zero-order chi connectivity index (χ0) is 12.0. The van der Waals surface area contributed by atoms with Crippen LogP contribution in [0.25, 0.3) is 0 Å². The molecular formula is C11H20O5. The summed E-state index contributed by atoms with van der Waals surface area (Å²) in [7, 11) is 0. The monoisotopic (exact) mass is 232 g/mol.